The highest BCUT2D eigenvalue weighted by Crippen LogP contribution is 2.43. The van der Waals surface area contributed by atoms with Crippen molar-refractivity contribution in [2.45, 2.75) is 40.0 Å². The average Bonchev–Trinajstić information content (AvgIpc) is 2.31. The molecular formula is C12H25N. The molecule has 0 aromatic heterocycles. The van der Waals surface area contributed by atoms with Gasteiger partial charge in [-0.05, 0) is 44.2 Å². The van der Waals surface area contributed by atoms with Gasteiger partial charge in [0.15, 0.2) is 0 Å². The van der Waals surface area contributed by atoms with E-state index in [4.69, 9.17) is 0 Å². The van der Waals surface area contributed by atoms with Gasteiger partial charge in [-0.1, -0.05) is 27.2 Å². The van der Waals surface area contributed by atoms with Crippen LogP contribution in [0.25, 0.3) is 0 Å². The molecule has 0 aliphatic heterocycles. The normalized spacial score (nSPS) is 30.0. The Morgan fingerprint density at radius 3 is 2.23 bits per heavy atom. The van der Waals surface area contributed by atoms with E-state index in [1.54, 1.807) is 0 Å². The van der Waals surface area contributed by atoms with Crippen molar-refractivity contribution >= 4 is 0 Å². The molecule has 78 valence electrons. The molecule has 1 aliphatic rings. The van der Waals surface area contributed by atoms with E-state index in [2.05, 4.69) is 39.8 Å². The van der Waals surface area contributed by atoms with Gasteiger partial charge in [0.05, 0.1) is 0 Å². The molecule has 1 fully saturated rings. The molecule has 0 aromatic carbocycles. The van der Waals surface area contributed by atoms with Crippen molar-refractivity contribution in [1.82, 2.24) is 4.90 Å². The molecule has 1 aliphatic carbocycles. The maximum atomic E-state index is 2.39. The molecule has 0 amide bonds. The van der Waals surface area contributed by atoms with Crippen molar-refractivity contribution in [3.05, 3.63) is 0 Å². The molecule has 0 heterocycles. The van der Waals surface area contributed by atoms with Gasteiger partial charge in [0.2, 0.25) is 0 Å². The van der Waals surface area contributed by atoms with Crippen LogP contribution in [0.3, 0.4) is 0 Å². The van der Waals surface area contributed by atoms with Crippen LogP contribution in [0, 0.1) is 17.3 Å². The maximum Gasteiger partial charge on any atom is 0.000641 e. The van der Waals surface area contributed by atoms with E-state index in [9.17, 15) is 0 Å². The second-order valence-electron chi connectivity index (χ2n) is 5.93. The number of nitrogens with zero attached hydrogens (tertiary/aromatic N) is 1. The predicted octanol–water partition coefficient (Wildman–Crippen LogP) is 3.01. The summed E-state index contributed by atoms with van der Waals surface area (Å²) in [5, 5.41) is 0. The second kappa shape index (κ2) is 4.00. The van der Waals surface area contributed by atoms with Crippen LogP contribution in [0.5, 0.6) is 0 Å². The van der Waals surface area contributed by atoms with Crippen LogP contribution in [-0.4, -0.2) is 25.5 Å². The molecule has 1 rings (SSSR count). The number of hydrogen-bond donors (Lipinski definition) is 0. The van der Waals surface area contributed by atoms with Gasteiger partial charge in [0, 0.05) is 6.54 Å². The van der Waals surface area contributed by atoms with Crippen LogP contribution in [0.15, 0.2) is 0 Å². The van der Waals surface area contributed by atoms with Gasteiger partial charge in [-0.25, -0.2) is 0 Å². The molecule has 1 heteroatoms. The third-order valence-electron chi connectivity index (χ3n) is 3.37. The van der Waals surface area contributed by atoms with Crippen molar-refractivity contribution in [2.75, 3.05) is 20.6 Å². The molecule has 0 spiro atoms. The van der Waals surface area contributed by atoms with Crippen molar-refractivity contribution in [2.24, 2.45) is 17.3 Å². The van der Waals surface area contributed by atoms with E-state index in [1.165, 1.54) is 25.8 Å². The topological polar surface area (TPSA) is 3.24 Å². The molecule has 13 heavy (non-hydrogen) atoms. The first-order chi connectivity index (χ1) is 5.91. The minimum Gasteiger partial charge on any atom is -0.309 e. The van der Waals surface area contributed by atoms with E-state index in [-0.39, 0.29) is 0 Å². The van der Waals surface area contributed by atoms with Crippen LogP contribution in [-0.2, 0) is 0 Å². The maximum absolute atomic E-state index is 2.39. The predicted molar refractivity (Wildman–Crippen MR) is 58.8 cm³/mol. The fraction of sp³-hybridized carbons (Fsp3) is 1.00. The highest BCUT2D eigenvalue weighted by atomic mass is 15.1. The molecule has 2 atom stereocenters. The van der Waals surface area contributed by atoms with Crippen LogP contribution in [0.2, 0.25) is 0 Å². The van der Waals surface area contributed by atoms with Gasteiger partial charge in [0.25, 0.3) is 0 Å². The van der Waals surface area contributed by atoms with Crippen molar-refractivity contribution < 1.29 is 0 Å². The van der Waals surface area contributed by atoms with Crippen molar-refractivity contribution in [3.8, 4) is 0 Å². The van der Waals surface area contributed by atoms with Crippen molar-refractivity contribution in [1.29, 1.82) is 0 Å². The minimum atomic E-state index is 0.511. The quantitative estimate of drug-likeness (QED) is 0.636. The lowest BCUT2D eigenvalue weighted by atomic mass is 9.75. The second-order valence-corrected chi connectivity index (χ2v) is 5.93. The van der Waals surface area contributed by atoms with Gasteiger partial charge in [-0.15, -0.1) is 0 Å². The Bertz CT molecular complexity index is 155. The zero-order chi connectivity index (χ0) is 10.1. The van der Waals surface area contributed by atoms with E-state index >= 15 is 0 Å². The summed E-state index contributed by atoms with van der Waals surface area (Å²) in [4.78, 5) is 2.34. The SMILES string of the molecule is CN(C)C[C@H]1CCC[C@H]1C(C)(C)C. The summed E-state index contributed by atoms with van der Waals surface area (Å²) < 4.78 is 0. The summed E-state index contributed by atoms with van der Waals surface area (Å²) in [5.41, 5.74) is 0.511. The first kappa shape index (κ1) is 11.0. The Balaban J connectivity index is 2.54. The zero-order valence-corrected chi connectivity index (χ0v) is 9.93. The van der Waals surface area contributed by atoms with E-state index in [0.717, 1.165) is 11.8 Å². The largest absolute Gasteiger partial charge is 0.309 e. The standard InChI is InChI=1S/C12H25N/c1-12(2,3)11-8-6-7-10(11)9-13(4)5/h10-11H,6-9H2,1-5H3/t10-,11-/m1/s1. The highest BCUT2D eigenvalue weighted by Gasteiger charge is 2.35. The Kier molecular flexibility index (Phi) is 3.39. The highest BCUT2D eigenvalue weighted by molar-refractivity contribution is 4.86. The molecular weight excluding hydrogens is 158 g/mol. The average molecular weight is 183 g/mol. The van der Waals surface area contributed by atoms with Gasteiger partial charge in [-0.3, -0.25) is 0 Å². The fourth-order valence-corrected chi connectivity index (χ4v) is 2.86. The monoisotopic (exact) mass is 183 g/mol. The Morgan fingerprint density at radius 2 is 1.77 bits per heavy atom. The minimum absolute atomic E-state index is 0.511. The Morgan fingerprint density at radius 1 is 1.15 bits per heavy atom. The Hall–Kier alpha value is -0.0400. The lowest BCUT2D eigenvalue weighted by Gasteiger charge is -2.33. The van der Waals surface area contributed by atoms with Gasteiger partial charge >= 0.3 is 0 Å². The third-order valence-corrected chi connectivity index (χ3v) is 3.37. The molecule has 0 unspecified atom stereocenters. The first-order valence-corrected chi connectivity index (χ1v) is 5.56. The van der Waals surface area contributed by atoms with Gasteiger partial charge in [-0.2, -0.15) is 0 Å². The van der Waals surface area contributed by atoms with Crippen LogP contribution in [0.1, 0.15) is 40.0 Å². The van der Waals surface area contributed by atoms with Crippen LogP contribution >= 0.6 is 0 Å². The van der Waals surface area contributed by atoms with Crippen LogP contribution in [0.4, 0.5) is 0 Å². The molecule has 0 saturated heterocycles. The van der Waals surface area contributed by atoms with E-state index in [0.29, 0.717) is 5.41 Å². The van der Waals surface area contributed by atoms with E-state index < -0.39 is 0 Å². The van der Waals surface area contributed by atoms with Crippen LogP contribution < -0.4 is 0 Å². The molecule has 0 radical (unpaired) electrons. The Labute approximate surface area is 83.5 Å². The smallest absolute Gasteiger partial charge is 0.000641 e. The molecule has 1 saturated carbocycles. The summed E-state index contributed by atoms with van der Waals surface area (Å²) in [6, 6.07) is 0. The zero-order valence-electron chi connectivity index (χ0n) is 9.93. The molecule has 0 aromatic rings. The van der Waals surface area contributed by atoms with Gasteiger partial charge < -0.3 is 4.90 Å². The summed E-state index contributed by atoms with van der Waals surface area (Å²) in [6.07, 6.45) is 4.34. The lowest BCUT2D eigenvalue weighted by Crippen LogP contribution is -2.31. The summed E-state index contributed by atoms with van der Waals surface area (Å²) in [5.74, 6) is 1.88. The first-order valence-electron chi connectivity index (χ1n) is 5.56. The molecule has 1 nitrogen and oxygen atoms in total. The van der Waals surface area contributed by atoms with Crippen molar-refractivity contribution in [3.63, 3.8) is 0 Å². The summed E-state index contributed by atoms with van der Waals surface area (Å²) in [6.45, 7) is 8.46. The molecule has 0 N–H and O–H groups in total. The van der Waals surface area contributed by atoms with Gasteiger partial charge in [0.1, 0.15) is 0 Å². The number of hydrogen-bond acceptors (Lipinski definition) is 1. The lowest BCUT2D eigenvalue weighted by molar-refractivity contribution is 0.158. The molecule has 0 bridgehead atoms. The third kappa shape index (κ3) is 2.98. The summed E-state index contributed by atoms with van der Waals surface area (Å²) >= 11 is 0. The number of rotatable bonds is 2. The fourth-order valence-electron chi connectivity index (χ4n) is 2.86. The van der Waals surface area contributed by atoms with E-state index in [1.807, 2.05) is 0 Å². The summed E-state index contributed by atoms with van der Waals surface area (Å²) in [7, 11) is 4.38.